The second-order valence-corrected chi connectivity index (χ2v) is 11.2. The van der Waals surface area contributed by atoms with Crippen LogP contribution in [-0.2, 0) is 9.53 Å². The summed E-state index contributed by atoms with van der Waals surface area (Å²) in [5.74, 6) is 1.76. The Bertz CT molecular complexity index is 1120. The second kappa shape index (κ2) is 10.7. The number of rotatable bonds is 6. The number of carbonyl (C=O) groups is 2. The van der Waals surface area contributed by atoms with Gasteiger partial charge in [0.2, 0.25) is 11.9 Å². The number of fused-ring (bicyclic) bond motifs is 1. The first-order valence-electron chi connectivity index (χ1n) is 13.5. The first kappa shape index (κ1) is 25.4. The predicted molar refractivity (Wildman–Crippen MR) is 144 cm³/mol. The summed E-state index contributed by atoms with van der Waals surface area (Å²) in [6, 6.07) is 7.73. The predicted octanol–water partition coefficient (Wildman–Crippen LogP) is 4.13. The van der Waals surface area contributed by atoms with Gasteiger partial charge in [-0.1, -0.05) is 12.8 Å². The number of ether oxygens (including phenoxy) is 1. The van der Waals surface area contributed by atoms with Gasteiger partial charge in [-0.05, 0) is 69.7 Å². The van der Waals surface area contributed by atoms with Gasteiger partial charge < -0.3 is 25.2 Å². The van der Waals surface area contributed by atoms with Gasteiger partial charge in [-0.3, -0.25) is 9.59 Å². The van der Waals surface area contributed by atoms with Crippen molar-refractivity contribution in [1.29, 1.82) is 0 Å². The Morgan fingerprint density at radius 3 is 2.51 bits per heavy atom. The Kier molecular flexibility index (Phi) is 7.33. The quantitative estimate of drug-likeness (QED) is 0.608. The summed E-state index contributed by atoms with van der Waals surface area (Å²) in [6.45, 7) is 6.86. The summed E-state index contributed by atoms with van der Waals surface area (Å²) >= 11 is 0. The molecule has 9 heteroatoms. The molecule has 0 bridgehead atoms. The Balaban J connectivity index is 1.31. The standard InChI is InChI=1S/C28H38N6O3/c1-28(2)18-34(22-6-4-5-7-22)24-23(33(3)26(28)36)17-30-27(32-24)31-21-10-8-20(9-11-21)25(35)29-16-19-12-14-37-15-13-19/h8-11,17,19,22H,4-7,12-16,18H2,1-3H3,(H,29,35)(H,30,31,32). The van der Waals surface area contributed by atoms with Gasteiger partial charge in [0, 0.05) is 50.6 Å². The molecule has 1 aromatic carbocycles. The highest BCUT2D eigenvalue weighted by Gasteiger charge is 2.41. The van der Waals surface area contributed by atoms with E-state index in [2.05, 4.69) is 20.5 Å². The first-order valence-corrected chi connectivity index (χ1v) is 13.5. The highest BCUT2D eigenvalue weighted by Crippen LogP contribution is 2.40. The molecule has 2 amide bonds. The smallest absolute Gasteiger partial charge is 0.251 e. The molecule has 2 fully saturated rings. The fourth-order valence-corrected chi connectivity index (χ4v) is 5.65. The molecule has 3 heterocycles. The van der Waals surface area contributed by atoms with E-state index >= 15 is 0 Å². The van der Waals surface area contributed by atoms with Crippen LogP contribution < -0.4 is 20.4 Å². The van der Waals surface area contributed by atoms with Gasteiger partial charge in [0.25, 0.3) is 5.91 Å². The van der Waals surface area contributed by atoms with Crippen molar-refractivity contribution in [3.63, 3.8) is 0 Å². The van der Waals surface area contributed by atoms with Gasteiger partial charge >= 0.3 is 0 Å². The Morgan fingerprint density at radius 1 is 1.11 bits per heavy atom. The number of nitrogens with zero attached hydrogens (tertiary/aromatic N) is 4. The van der Waals surface area contributed by atoms with E-state index in [1.807, 2.05) is 45.2 Å². The molecule has 0 atom stereocenters. The molecule has 1 aromatic heterocycles. The molecule has 9 nitrogen and oxygen atoms in total. The summed E-state index contributed by atoms with van der Waals surface area (Å²) in [4.78, 5) is 39.2. The van der Waals surface area contributed by atoms with E-state index in [0.29, 0.717) is 36.6 Å². The van der Waals surface area contributed by atoms with Crippen LogP contribution in [0.15, 0.2) is 30.5 Å². The molecule has 5 rings (SSSR count). The monoisotopic (exact) mass is 506 g/mol. The molecule has 2 aromatic rings. The fourth-order valence-electron chi connectivity index (χ4n) is 5.65. The topological polar surface area (TPSA) is 99.7 Å². The lowest BCUT2D eigenvalue weighted by molar-refractivity contribution is -0.125. The lowest BCUT2D eigenvalue weighted by atomic mass is 9.91. The number of nitrogens with one attached hydrogen (secondary N) is 2. The lowest BCUT2D eigenvalue weighted by Gasteiger charge is -2.34. The minimum Gasteiger partial charge on any atom is -0.381 e. The average molecular weight is 507 g/mol. The summed E-state index contributed by atoms with van der Waals surface area (Å²) in [5, 5.41) is 6.33. The summed E-state index contributed by atoms with van der Waals surface area (Å²) in [5.41, 5.74) is 1.64. The molecular formula is C28H38N6O3. The van der Waals surface area contributed by atoms with E-state index in [1.165, 1.54) is 12.8 Å². The van der Waals surface area contributed by atoms with E-state index in [9.17, 15) is 9.59 Å². The molecule has 2 aliphatic heterocycles. The molecule has 37 heavy (non-hydrogen) atoms. The molecule has 1 aliphatic carbocycles. The van der Waals surface area contributed by atoms with Gasteiger partial charge in [0.15, 0.2) is 5.82 Å². The number of carbonyl (C=O) groups excluding carboxylic acids is 2. The highest BCUT2D eigenvalue weighted by atomic mass is 16.5. The van der Waals surface area contributed by atoms with Crippen molar-refractivity contribution in [2.24, 2.45) is 11.3 Å². The second-order valence-electron chi connectivity index (χ2n) is 11.2. The summed E-state index contributed by atoms with van der Waals surface area (Å²) < 4.78 is 5.39. The third-order valence-electron chi connectivity index (χ3n) is 7.89. The van der Waals surface area contributed by atoms with Crippen molar-refractivity contribution in [2.75, 3.05) is 48.5 Å². The van der Waals surface area contributed by atoms with Crippen molar-refractivity contribution in [1.82, 2.24) is 15.3 Å². The molecule has 0 spiro atoms. The number of anilines is 4. The zero-order valence-electron chi connectivity index (χ0n) is 22.1. The fraction of sp³-hybridized carbons (Fsp3) is 0.571. The van der Waals surface area contributed by atoms with Crippen molar-refractivity contribution >= 4 is 35.0 Å². The van der Waals surface area contributed by atoms with Gasteiger partial charge in [0.05, 0.1) is 11.6 Å². The Morgan fingerprint density at radius 2 is 1.81 bits per heavy atom. The van der Waals surface area contributed by atoms with Crippen LogP contribution in [0, 0.1) is 11.3 Å². The maximum atomic E-state index is 13.2. The molecule has 198 valence electrons. The average Bonchev–Trinajstić information content (AvgIpc) is 3.43. The molecule has 1 saturated carbocycles. The van der Waals surface area contributed by atoms with Crippen LogP contribution in [0.1, 0.15) is 62.7 Å². The van der Waals surface area contributed by atoms with Crippen LogP contribution in [0.25, 0.3) is 0 Å². The first-order chi connectivity index (χ1) is 17.8. The van der Waals surface area contributed by atoms with E-state index in [4.69, 9.17) is 9.72 Å². The Labute approximate surface area is 219 Å². The number of amides is 2. The van der Waals surface area contributed by atoms with E-state index in [0.717, 1.165) is 56.1 Å². The van der Waals surface area contributed by atoms with Crippen LogP contribution in [0.4, 0.5) is 23.1 Å². The van der Waals surface area contributed by atoms with Gasteiger partial charge in [-0.2, -0.15) is 4.98 Å². The van der Waals surface area contributed by atoms with Crippen LogP contribution in [-0.4, -0.2) is 61.2 Å². The summed E-state index contributed by atoms with van der Waals surface area (Å²) in [6.07, 6.45) is 8.34. The third kappa shape index (κ3) is 5.56. The van der Waals surface area contributed by atoms with Crippen molar-refractivity contribution in [3.05, 3.63) is 36.0 Å². The van der Waals surface area contributed by atoms with Crippen molar-refractivity contribution < 1.29 is 14.3 Å². The van der Waals surface area contributed by atoms with Crippen molar-refractivity contribution in [2.45, 2.75) is 58.4 Å². The van der Waals surface area contributed by atoms with Crippen LogP contribution in [0.2, 0.25) is 0 Å². The molecule has 0 radical (unpaired) electrons. The van der Waals surface area contributed by atoms with E-state index < -0.39 is 5.41 Å². The zero-order valence-corrected chi connectivity index (χ0v) is 22.1. The lowest BCUT2D eigenvalue weighted by Crippen LogP contribution is -2.45. The molecule has 0 unspecified atom stereocenters. The number of aromatic nitrogens is 2. The number of benzene rings is 1. The normalized spacial score (nSPS) is 20.5. The van der Waals surface area contributed by atoms with Gasteiger partial charge in [-0.15, -0.1) is 0 Å². The maximum Gasteiger partial charge on any atom is 0.251 e. The minimum absolute atomic E-state index is 0.0677. The van der Waals surface area contributed by atoms with Crippen LogP contribution >= 0.6 is 0 Å². The van der Waals surface area contributed by atoms with Crippen LogP contribution in [0.5, 0.6) is 0 Å². The molecule has 1 saturated heterocycles. The summed E-state index contributed by atoms with van der Waals surface area (Å²) in [7, 11) is 1.81. The zero-order chi connectivity index (χ0) is 26.0. The van der Waals surface area contributed by atoms with Crippen molar-refractivity contribution in [3.8, 4) is 0 Å². The Hall–Kier alpha value is -3.20. The van der Waals surface area contributed by atoms with Crippen LogP contribution in [0.3, 0.4) is 0 Å². The molecule has 3 aliphatic rings. The minimum atomic E-state index is -0.521. The highest BCUT2D eigenvalue weighted by molar-refractivity contribution is 6.01. The largest absolute Gasteiger partial charge is 0.381 e. The molecular weight excluding hydrogens is 468 g/mol. The molecule has 2 N–H and O–H groups in total. The van der Waals surface area contributed by atoms with Gasteiger partial charge in [-0.25, -0.2) is 4.98 Å². The maximum absolute atomic E-state index is 13.2. The van der Waals surface area contributed by atoms with E-state index in [-0.39, 0.29) is 11.8 Å². The number of hydrogen-bond donors (Lipinski definition) is 2. The third-order valence-corrected chi connectivity index (χ3v) is 7.89. The number of hydrogen-bond acceptors (Lipinski definition) is 7. The van der Waals surface area contributed by atoms with E-state index in [1.54, 1.807) is 11.1 Å². The van der Waals surface area contributed by atoms with Gasteiger partial charge in [0.1, 0.15) is 5.69 Å². The SMILES string of the molecule is CN1C(=O)C(C)(C)CN(C2CCCC2)c2nc(Nc3ccc(C(=O)NCC4CCOCC4)cc3)ncc21.